The third-order valence-electron chi connectivity index (χ3n) is 5.40. The van der Waals surface area contributed by atoms with Gasteiger partial charge in [0.2, 0.25) is 11.8 Å². The first-order valence-electron chi connectivity index (χ1n) is 8.02. The van der Waals surface area contributed by atoms with Gasteiger partial charge >= 0.3 is 6.09 Å². The van der Waals surface area contributed by atoms with E-state index in [2.05, 4.69) is 0 Å². The quantitative estimate of drug-likeness (QED) is 0.841. The maximum atomic E-state index is 12.9. The molecular weight excluding hydrogens is 310 g/mol. The molecule has 0 radical (unpaired) electrons. The molecule has 1 N–H and O–H groups in total. The zero-order chi connectivity index (χ0) is 16.8. The lowest BCUT2D eigenvalue weighted by Crippen LogP contribution is -2.50. The number of rotatable bonds is 2. The lowest BCUT2D eigenvalue weighted by atomic mass is 9.80. The summed E-state index contributed by atoms with van der Waals surface area (Å²) in [4.78, 5) is 26.0. The van der Waals surface area contributed by atoms with Gasteiger partial charge < -0.3 is 19.6 Å². The number of piperidine rings is 1. The molecule has 2 heterocycles. The third-order valence-corrected chi connectivity index (χ3v) is 5.40. The van der Waals surface area contributed by atoms with Crippen LogP contribution in [0.5, 0.6) is 0 Å². The van der Waals surface area contributed by atoms with Crippen molar-refractivity contribution in [2.24, 2.45) is 5.92 Å². The van der Waals surface area contributed by atoms with Crippen LogP contribution in [0.3, 0.4) is 0 Å². The fourth-order valence-corrected chi connectivity index (χ4v) is 3.80. The molecule has 0 aromatic heterocycles. The fraction of sp³-hybridized carbons (Fsp3) is 0.867. The molecular formula is C15H22F2N2O4. The Hall–Kier alpha value is -1.44. The Bertz CT molecular complexity index is 498. The van der Waals surface area contributed by atoms with Crippen molar-refractivity contribution in [3.05, 3.63) is 0 Å². The van der Waals surface area contributed by atoms with Crippen molar-refractivity contribution < 1.29 is 28.2 Å². The number of halogens is 2. The highest BCUT2D eigenvalue weighted by Gasteiger charge is 2.51. The monoisotopic (exact) mass is 332 g/mol. The normalized spacial score (nSPS) is 29.3. The third kappa shape index (κ3) is 3.13. The molecule has 6 nitrogen and oxygen atoms in total. The molecule has 1 aliphatic carbocycles. The van der Waals surface area contributed by atoms with Gasteiger partial charge in [-0.2, -0.15) is 0 Å². The van der Waals surface area contributed by atoms with E-state index >= 15 is 0 Å². The summed E-state index contributed by atoms with van der Waals surface area (Å²) in [6, 6.07) is 0. The summed E-state index contributed by atoms with van der Waals surface area (Å²) in [5, 5.41) is 8.99. The van der Waals surface area contributed by atoms with E-state index in [1.165, 1.54) is 9.80 Å². The second-order valence-electron chi connectivity index (χ2n) is 6.97. The van der Waals surface area contributed by atoms with E-state index in [4.69, 9.17) is 9.84 Å². The number of amides is 2. The van der Waals surface area contributed by atoms with E-state index in [0.29, 0.717) is 32.4 Å². The fourth-order valence-electron chi connectivity index (χ4n) is 3.80. The molecule has 3 rings (SSSR count). The first-order chi connectivity index (χ1) is 10.7. The van der Waals surface area contributed by atoms with Gasteiger partial charge in [0.15, 0.2) is 0 Å². The summed E-state index contributed by atoms with van der Waals surface area (Å²) < 4.78 is 31.9. The molecule has 8 heteroatoms. The Labute approximate surface area is 133 Å². The molecule has 2 aliphatic heterocycles. The first-order valence-corrected chi connectivity index (χ1v) is 8.02. The smallest absolute Gasteiger partial charge is 0.407 e. The standard InChI is InChI=1S/C15H22F2N2O4/c1-18(12(20)10-8-15(16,17)9-10)11-2-3-14(23-11)4-6-19(7-5-14)13(21)22/h10-11H,2-9H2,1H3,(H,21,22). The number of carbonyl (C=O) groups is 2. The first kappa shape index (κ1) is 16.4. The Morgan fingerprint density at radius 3 is 2.35 bits per heavy atom. The zero-order valence-corrected chi connectivity index (χ0v) is 13.1. The Balaban J connectivity index is 1.53. The molecule has 1 atom stereocenters. The minimum absolute atomic E-state index is 0.277. The van der Waals surface area contributed by atoms with Crippen molar-refractivity contribution in [1.82, 2.24) is 9.80 Å². The molecule has 23 heavy (non-hydrogen) atoms. The predicted molar refractivity (Wildman–Crippen MR) is 76.1 cm³/mol. The predicted octanol–water partition coefficient (Wildman–Crippen LogP) is 2.14. The van der Waals surface area contributed by atoms with Crippen LogP contribution in [0.4, 0.5) is 13.6 Å². The van der Waals surface area contributed by atoms with Crippen LogP contribution < -0.4 is 0 Å². The highest BCUT2D eigenvalue weighted by molar-refractivity contribution is 5.80. The number of carbonyl (C=O) groups excluding carboxylic acids is 1. The molecule has 3 fully saturated rings. The van der Waals surface area contributed by atoms with E-state index in [9.17, 15) is 18.4 Å². The SMILES string of the molecule is CN(C(=O)C1CC(F)(F)C1)C1CCC2(CCN(C(=O)O)CC2)O1. The summed E-state index contributed by atoms with van der Waals surface area (Å²) in [5.41, 5.74) is -0.380. The maximum absolute atomic E-state index is 12.9. The second kappa shape index (κ2) is 5.58. The Morgan fingerprint density at radius 2 is 1.83 bits per heavy atom. The molecule has 2 saturated heterocycles. The number of nitrogens with zero attached hydrogens (tertiary/aromatic N) is 2. The van der Waals surface area contributed by atoms with E-state index in [-0.39, 0.29) is 24.3 Å². The number of hydrogen-bond acceptors (Lipinski definition) is 3. The lowest BCUT2D eigenvalue weighted by molar-refractivity contribution is -0.175. The summed E-state index contributed by atoms with van der Waals surface area (Å²) in [6.07, 6.45) is 0.588. The molecule has 0 aromatic rings. The summed E-state index contributed by atoms with van der Waals surface area (Å²) >= 11 is 0. The van der Waals surface area contributed by atoms with Crippen molar-refractivity contribution in [1.29, 1.82) is 0 Å². The summed E-state index contributed by atoms with van der Waals surface area (Å²) in [6.45, 7) is 0.850. The largest absolute Gasteiger partial charge is 0.465 e. The number of hydrogen-bond donors (Lipinski definition) is 1. The van der Waals surface area contributed by atoms with Crippen LogP contribution in [0.15, 0.2) is 0 Å². The van der Waals surface area contributed by atoms with E-state index in [1.54, 1.807) is 7.05 Å². The highest BCUT2D eigenvalue weighted by Crippen LogP contribution is 2.45. The molecule has 130 valence electrons. The number of alkyl halides is 2. The van der Waals surface area contributed by atoms with Gasteiger partial charge in [0.25, 0.3) is 0 Å². The summed E-state index contributed by atoms with van der Waals surface area (Å²) in [7, 11) is 1.61. The van der Waals surface area contributed by atoms with Gasteiger partial charge in [-0.3, -0.25) is 4.79 Å². The van der Waals surface area contributed by atoms with Crippen LogP contribution >= 0.6 is 0 Å². The molecule has 0 aromatic carbocycles. The van der Waals surface area contributed by atoms with Crippen molar-refractivity contribution in [2.75, 3.05) is 20.1 Å². The van der Waals surface area contributed by atoms with Gasteiger partial charge in [0.05, 0.1) is 5.60 Å². The van der Waals surface area contributed by atoms with Crippen LogP contribution in [-0.4, -0.2) is 64.8 Å². The van der Waals surface area contributed by atoms with Crippen LogP contribution in [0, 0.1) is 5.92 Å². The minimum atomic E-state index is -2.71. The highest BCUT2D eigenvalue weighted by atomic mass is 19.3. The maximum Gasteiger partial charge on any atom is 0.407 e. The number of carboxylic acid groups (broad SMARTS) is 1. The average Bonchev–Trinajstić information content (AvgIpc) is 2.87. The topological polar surface area (TPSA) is 70.1 Å². The van der Waals surface area contributed by atoms with Crippen LogP contribution in [0.25, 0.3) is 0 Å². The van der Waals surface area contributed by atoms with Crippen molar-refractivity contribution >= 4 is 12.0 Å². The molecule has 1 spiro atoms. The van der Waals surface area contributed by atoms with Gasteiger partial charge in [-0.1, -0.05) is 0 Å². The van der Waals surface area contributed by atoms with Gasteiger partial charge in [0.1, 0.15) is 6.23 Å². The van der Waals surface area contributed by atoms with E-state index in [1.807, 2.05) is 0 Å². The van der Waals surface area contributed by atoms with Crippen molar-refractivity contribution in [3.63, 3.8) is 0 Å². The number of likely N-dealkylation sites (tertiary alicyclic amines) is 1. The van der Waals surface area contributed by atoms with E-state index < -0.39 is 24.2 Å². The summed E-state index contributed by atoms with van der Waals surface area (Å²) in [5.74, 6) is -3.59. The van der Waals surface area contributed by atoms with Crippen molar-refractivity contribution in [3.8, 4) is 0 Å². The zero-order valence-electron chi connectivity index (χ0n) is 13.1. The van der Waals surface area contributed by atoms with Gasteiger partial charge in [-0.05, 0) is 25.7 Å². The Morgan fingerprint density at radius 1 is 1.22 bits per heavy atom. The number of ether oxygens (including phenoxy) is 1. The molecule has 3 aliphatic rings. The molecule has 0 bridgehead atoms. The molecule has 2 amide bonds. The van der Waals surface area contributed by atoms with E-state index in [0.717, 1.165) is 6.42 Å². The average molecular weight is 332 g/mol. The van der Waals surface area contributed by atoms with Crippen LogP contribution in [0.2, 0.25) is 0 Å². The minimum Gasteiger partial charge on any atom is -0.465 e. The van der Waals surface area contributed by atoms with Crippen LogP contribution in [0.1, 0.15) is 38.5 Å². The van der Waals surface area contributed by atoms with Gasteiger partial charge in [-0.25, -0.2) is 13.6 Å². The Kier molecular flexibility index (Phi) is 3.98. The lowest BCUT2D eigenvalue weighted by Gasteiger charge is -2.40. The van der Waals surface area contributed by atoms with Gasteiger partial charge in [0, 0.05) is 38.9 Å². The molecule has 1 unspecified atom stereocenters. The van der Waals surface area contributed by atoms with Crippen molar-refractivity contribution in [2.45, 2.75) is 56.3 Å². The van der Waals surface area contributed by atoms with Gasteiger partial charge in [-0.15, -0.1) is 0 Å². The second-order valence-corrected chi connectivity index (χ2v) is 6.97. The van der Waals surface area contributed by atoms with Crippen LogP contribution in [-0.2, 0) is 9.53 Å². The molecule has 1 saturated carbocycles.